The highest BCUT2D eigenvalue weighted by Crippen LogP contribution is 2.14. The minimum atomic E-state index is -0.197. The molecule has 0 aliphatic carbocycles. The summed E-state index contributed by atoms with van der Waals surface area (Å²) in [5, 5.41) is 0. The highest BCUT2D eigenvalue weighted by molar-refractivity contribution is 9.10. The molecule has 0 unspecified atom stereocenters. The quantitative estimate of drug-likeness (QED) is 0.718. The monoisotopic (exact) mass is 227 g/mol. The predicted molar refractivity (Wildman–Crippen MR) is 53.2 cm³/mol. The fourth-order valence-corrected chi connectivity index (χ4v) is 1.08. The van der Waals surface area contributed by atoms with Crippen LogP contribution in [0.25, 0.3) is 6.08 Å². The molecular formula is C10H9BrF. The molecule has 0 aliphatic rings. The molecule has 63 valence electrons. The molecular weight excluding hydrogens is 219 g/mol. The van der Waals surface area contributed by atoms with Gasteiger partial charge < -0.3 is 0 Å². The van der Waals surface area contributed by atoms with Crippen LogP contribution < -0.4 is 0 Å². The fraction of sp³-hybridized carbons (Fsp3) is 0.100. The second-order valence-corrected chi connectivity index (χ2v) is 3.31. The lowest BCUT2D eigenvalue weighted by atomic mass is 10.2. The summed E-state index contributed by atoms with van der Waals surface area (Å²) in [6, 6.07) is 7.45. The van der Waals surface area contributed by atoms with Gasteiger partial charge >= 0.3 is 0 Å². The summed E-state index contributed by atoms with van der Waals surface area (Å²) in [6.07, 6.45) is 1.69. The van der Waals surface area contributed by atoms with E-state index in [-0.39, 0.29) is 12.2 Å². The van der Waals surface area contributed by atoms with E-state index in [2.05, 4.69) is 22.9 Å². The van der Waals surface area contributed by atoms with Crippen molar-refractivity contribution in [1.29, 1.82) is 0 Å². The van der Waals surface area contributed by atoms with Crippen molar-refractivity contribution in [1.82, 2.24) is 0 Å². The third-order valence-corrected chi connectivity index (χ3v) is 1.96. The van der Waals surface area contributed by atoms with Gasteiger partial charge in [0.25, 0.3) is 0 Å². The maximum Gasteiger partial charge on any atom is 0.101 e. The summed E-state index contributed by atoms with van der Waals surface area (Å²) >= 11 is 3.30. The van der Waals surface area contributed by atoms with E-state index in [9.17, 15) is 4.39 Å². The van der Waals surface area contributed by atoms with E-state index in [1.807, 2.05) is 24.3 Å². The largest absolute Gasteiger partial charge is 0.212 e. The zero-order valence-corrected chi connectivity index (χ0v) is 8.14. The van der Waals surface area contributed by atoms with Gasteiger partial charge in [-0.3, -0.25) is 0 Å². The molecule has 0 N–H and O–H groups in total. The zero-order valence-electron chi connectivity index (χ0n) is 6.56. The smallest absolute Gasteiger partial charge is 0.101 e. The van der Waals surface area contributed by atoms with Gasteiger partial charge in [-0.15, -0.1) is 0 Å². The summed E-state index contributed by atoms with van der Waals surface area (Å²) in [6.45, 7) is 3.45. The van der Waals surface area contributed by atoms with E-state index in [1.165, 1.54) is 6.08 Å². The normalized spacial score (nSPS) is 11.8. The van der Waals surface area contributed by atoms with Crippen LogP contribution in [0.2, 0.25) is 0 Å². The number of hydrogen-bond acceptors (Lipinski definition) is 0. The molecule has 0 aliphatic heterocycles. The zero-order chi connectivity index (χ0) is 8.97. The van der Waals surface area contributed by atoms with E-state index >= 15 is 0 Å². The van der Waals surface area contributed by atoms with Crippen LogP contribution in [-0.2, 0) is 0 Å². The summed E-state index contributed by atoms with van der Waals surface area (Å²) in [7, 11) is 0. The van der Waals surface area contributed by atoms with Gasteiger partial charge in [0.2, 0.25) is 0 Å². The molecule has 0 heterocycles. The molecule has 1 rings (SSSR count). The summed E-state index contributed by atoms with van der Waals surface area (Å²) in [5.74, 6) is -0.197. The molecule has 0 fully saturated rings. The van der Waals surface area contributed by atoms with Crippen molar-refractivity contribution in [3.63, 3.8) is 0 Å². The summed E-state index contributed by atoms with van der Waals surface area (Å²) in [4.78, 5) is 0. The Morgan fingerprint density at radius 3 is 2.50 bits per heavy atom. The molecule has 0 aromatic heterocycles. The molecule has 0 amide bonds. The van der Waals surface area contributed by atoms with Crippen molar-refractivity contribution in [3.05, 3.63) is 47.1 Å². The fourth-order valence-electron chi connectivity index (χ4n) is 0.812. The summed E-state index contributed by atoms with van der Waals surface area (Å²) < 4.78 is 13.7. The molecule has 1 aromatic carbocycles. The molecule has 0 saturated carbocycles. The minimum absolute atomic E-state index is 0.197. The van der Waals surface area contributed by atoms with Crippen molar-refractivity contribution in [2.24, 2.45) is 0 Å². The van der Waals surface area contributed by atoms with Crippen LogP contribution in [0, 0.1) is 6.92 Å². The van der Waals surface area contributed by atoms with Gasteiger partial charge in [0.1, 0.15) is 5.83 Å². The second kappa shape index (κ2) is 4.41. The average molecular weight is 228 g/mol. The van der Waals surface area contributed by atoms with E-state index in [4.69, 9.17) is 0 Å². The Hall–Kier alpha value is -0.630. The van der Waals surface area contributed by atoms with E-state index < -0.39 is 0 Å². The molecule has 0 bridgehead atoms. The van der Waals surface area contributed by atoms with Gasteiger partial charge in [-0.25, -0.2) is 4.39 Å². The maximum atomic E-state index is 12.7. The van der Waals surface area contributed by atoms with Gasteiger partial charge in [0.05, 0.1) is 0 Å². The van der Waals surface area contributed by atoms with Crippen molar-refractivity contribution < 1.29 is 4.39 Å². The van der Waals surface area contributed by atoms with Gasteiger partial charge in [0.15, 0.2) is 0 Å². The highest BCUT2D eigenvalue weighted by atomic mass is 79.9. The third-order valence-electron chi connectivity index (χ3n) is 1.43. The topological polar surface area (TPSA) is 0 Å². The van der Waals surface area contributed by atoms with Crippen molar-refractivity contribution in [2.75, 3.05) is 0 Å². The molecule has 0 saturated heterocycles. The van der Waals surface area contributed by atoms with Crippen molar-refractivity contribution >= 4 is 22.0 Å². The van der Waals surface area contributed by atoms with Crippen LogP contribution in [0.1, 0.15) is 12.0 Å². The SMILES string of the molecule is [CH2]CC(F)=Cc1ccc(Br)cc1. The van der Waals surface area contributed by atoms with E-state index in [1.54, 1.807) is 0 Å². The Morgan fingerprint density at radius 1 is 1.42 bits per heavy atom. The van der Waals surface area contributed by atoms with Crippen LogP contribution in [0.15, 0.2) is 34.6 Å². The lowest BCUT2D eigenvalue weighted by Crippen LogP contribution is -1.73. The molecule has 0 nitrogen and oxygen atoms in total. The van der Waals surface area contributed by atoms with E-state index in [0.717, 1.165) is 10.0 Å². The van der Waals surface area contributed by atoms with E-state index in [0.29, 0.717) is 0 Å². The first-order valence-electron chi connectivity index (χ1n) is 3.63. The van der Waals surface area contributed by atoms with Crippen LogP contribution in [-0.4, -0.2) is 0 Å². The molecule has 1 aromatic rings. The average Bonchev–Trinajstić information content (AvgIpc) is 2.09. The standard InChI is InChI=1S/C10H9BrF/c1-2-10(12)7-8-3-5-9(11)6-4-8/h3-7H,1-2H2. The lowest BCUT2D eigenvalue weighted by molar-refractivity contribution is 0.625. The molecule has 12 heavy (non-hydrogen) atoms. The van der Waals surface area contributed by atoms with Crippen LogP contribution in [0.5, 0.6) is 0 Å². The molecule has 0 atom stereocenters. The first-order chi connectivity index (χ1) is 5.72. The van der Waals surface area contributed by atoms with Gasteiger partial charge in [-0.2, -0.15) is 0 Å². The number of rotatable bonds is 2. The molecule has 1 radical (unpaired) electrons. The lowest BCUT2D eigenvalue weighted by Gasteiger charge is -1.94. The van der Waals surface area contributed by atoms with Gasteiger partial charge in [-0.05, 0) is 37.1 Å². The maximum absolute atomic E-state index is 12.7. The minimum Gasteiger partial charge on any atom is -0.212 e. The number of benzene rings is 1. The first kappa shape index (κ1) is 9.46. The number of allylic oxidation sites excluding steroid dienone is 1. The Kier molecular flexibility index (Phi) is 3.48. The summed E-state index contributed by atoms with van der Waals surface area (Å²) in [5.41, 5.74) is 0.861. The number of hydrogen-bond donors (Lipinski definition) is 0. The number of halogens is 2. The van der Waals surface area contributed by atoms with Crippen molar-refractivity contribution in [3.8, 4) is 0 Å². The Labute approximate surface area is 80.2 Å². The van der Waals surface area contributed by atoms with Gasteiger partial charge in [0, 0.05) is 4.47 Å². The van der Waals surface area contributed by atoms with Crippen LogP contribution in [0.3, 0.4) is 0 Å². The molecule has 0 spiro atoms. The van der Waals surface area contributed by atoms with Crippen LogP contribution in [0.4, 0.5) is 4.39 Å². The third kappa shape index (κ3) is 2.78. The first-order valence-corrected chi connectivity index (χ1v) is 4.42. The Balaban J connectivity index is 2.84. The Morgan fingerprint density at radius 2 is 2.00 bits per heavy atom. The van der Waals surface area contributed by atoms with Gasteiger partial charge in [-0.1, -0.05) is 28.1 Å². The van der Waals surface area contributed by atoms with Crippen LogP contribution >= 0.6 is 15.9 Å². The molecule has 2 heteroatoms. The predicted octanol–water partition coefficient (Wildman–Crippen LogP) is 3.98. The highest BCUT2D eigenvalue weighted by Gasteiger charge is 1.91. The Bertz CT molecular complexity index is 274. The van der Waals surface area contributed by atoms with Crippen molar-refractivity contribution in [2.45, 2.75) is 6.42 Å². The second-order valence-electron chi connectivity index (χ2n) is 2.39.